The normalized spacial score (nSPS) is 21.3. The van der Waals surface area contributed by atoms with E-state index >= 15 is 0 Å². The van der Waals surface area contributed by atoms with Gasteiger partial charge in [-0.25, -0.2) is 9.37 Å². The third-order valence-corrected chi connectivity index (χ3v) is 3.58. The van der Waals surface area contributed by atoms with Crippen LogP contribution in [0.5, 0.6) is 0 Å². The molecule has 1 aromatic heterocycles. The van der Waals surface area contributed by atoms with Crippen LogP contribution in [0.3, 0.4) is 0 Å². The van der Waals surface area contributed by atoms with Crippen LogP contribution in [0.25, 0.3) is 0 Å². The Bertz CT molecular complexity index is 410. The van der Waals surface area contributed by atoms with Crippen LogP contribution in [0.1, 0.15) is 12.5 Å². The molecule has 2 rings (SSSR count). The molecule has 0 radical (unpaired) electrons. The Morgan fingerprint density at radius 3 is 2.94 bits per heavy atom. The van der Waals surface area contributed by atoms with Gasteiger partial charge >= 0.3 is 0 Å². The van der Waals surface area contributed by atoms with Crippen molar-refractivity contribution in [3.63, 3.8) is 0 Å². The van der Waals surface area contributed by atoms with Crippen LogP contribution in [0.15, 0.2) is 12.3 Å². The van der Waals surface area contributed by atoms with Crippen molar-refractivity contribution in [1.82, 2.24) is 15.2 Å². The van der Waals surface area contributed by atoms with Crippen molar-refractivity contribution < 1.29 is 4.39 Å². The summed E-state index contributed by atoms with van der Waals surface area (Å²) in [5.74, 6) is 0.298. The summed E-state index contributed by atoms with van der Waals surface area (Å²) >= 11 is 0. The zero-order chi connectivity index (χ0) is 13.1. The summed E-state index contributed by atoms with van der Waals surface area (Å²) in [5, 5.41) is 2.98. The molecule has 0 saturated carbocycles. The molecule has 1 fully saturated rings. The summed E-state index contributed by atoms with van der Waals surface area (Å²) in [7, 11) is 3.92. The predicted molar refractivity (Wildman–Crippen MR) is 71.3 cm³/mol. The molecule has 100 valence electrons. The molecular formula is C13H21FN4. The first kappa shape index (κ1) is 13.2. The maximum Gasteiger partial charge on any atom is 0.170 e. The third-order valence-electron chi connectivity index (χ3n) is 3.58. The minimum Gasteiger partial charge on any atom is -0.351 e. The molecule has 1 aliphatic rings. The van der Waals surface area contributed by atoms with E-state index in [1.165, 1.54) is 0 Å². The second-order valence-corrected chi connectivity index (χ2v) is 4.91. The highest BCUT2D eigenvalue weighted by atomic mass is 19.1. The summed E-state index contributed by atoms with van der Waals surface area (Å²) in [6.07, 6.45) is 1.69. The fourth-order valence-electron chi connectivity index (χ4n) is 2.26. The summed E-state index contributed by atoms with van der Waals surface area (Å²) in [6.45, 7) is 5.28. The topological polar surface area (TPSA) is 31.4 Å². The van der Waals surface area contributed by atoms with Gasteiger partial charge in [0.15, 0.2) is 11.6 Å². The van der Waals surface area contributed by atoms with Gasteiger partial charge < -0.3 is 15.1 Å². The average Bonchev–Trinajstić information content (AvgIpc) is 2.36. The lowest BCUT2D eigenvalue weighted by Crippen LogP contribution is -2.50. The van der Waals surface area contributed by atoms with E-state index in [4.69, 9.17) is 0 Å². The third kappa shape index (κ3) is 2.62. The van der Waals surface area contributed by atoms with Crippen LogP contribution in [0.2, 0.25) is 0 Å². The van der Waals surface area contributed by atoms with Crippen LogP contribution in [-0.4, -0.2) is 49.7 Å². The lowest BCUT2D eigenvalue weighted by Gasteiger charge is -2.38. The molecular weight excluding hydrogens is 231 g/mol. The lowest BCUT2D eigenvalue weighted by atomic mass is 10.2. The number of hydrogen-bond acceptors (Lipinski definition) is 4. The molecule has 2 heterocycles. The molecule has 5 heteroatoms. The van der Waals surface area contributed by atoms with Gasteiger partial charge in [0, 0.05) is 44.0 Å². The molecule has 0 spiro atoms. The molecule has 18 heavy (non-hydrogen) atoms. The Morgan fingerprint density at radius 2 is 2.28 bits per heavy atom. The number of piperazine rings is 1. The van der Waals surface area contributed by atoms with Crippen LogP contribution in [-0.2, 0) is 6.54 Å². The molecule has 1 atom stereocenters. The van der Waals surface area contributed by atoms with E-state index in [2.05, 4.69) is 29.2 Å². The van der Waals surface area contributed by atoms with E-state index in [1.54, 1.807) is 12.3 Å². The van der Waals surface area contributed by atoms with Crippen LogP contribution >= 0.6 is 0 Å². The van der Waals surface area contributed by atoms with Crippen molar-refractivity contribution in [3.05, 3.63) is 23.6 Å². The van der Waals surface area contributed by atoms with Crippen LogP contribution in [0.4, 0.5) is 10.2 Å². The van der Waals surface area contributed by atoms with Gasteiger partial charge in [-0.05, 0) is 27.1 Å². The summed E-state index contributed by atoms with van der Waals surface area (Å²) in [5.41, 5.74) is 0.675. The molecule has 0 aromatic carbocycles. The first-order valence-corrected chi connectivity index (χ1v) is 6.36. The quantitative estimate of drug-likeness (QED) is 0.872. The number of pyridine rings is 1. The fraction of sp³-hybridized carbons (Fsp3) is 0.615. The number of hydrogen-bond donors (Lipinski definition) is 1. The first-order chi connectivity index (χ1) is 8.63. The number of halogens is 1. The van der Waals surface area contributed by atoms with Gasteiger partial charge in [-0.1, -0.05) is 0 Å². The molecule has 0 amide bonds. The molecule has 4 nitrogen and oxygen atoms in total. The summed E-state index contributed by atoms with van der Waals surface area (Å²) in [4.78, 5) is 8.53. The highest BCUT2D eigenvalue weighted by molar-refractivity contribution is 5.43. The molecule has 1 N–H and O–H groups in total. The van der Waals surface area contributed by atoms with Crippen molar-refractivity contribution in [3.8, 4) is 0 Å². The first-order valence-electron chi connectivity index (χ1n) is 6.36. The fourth-order valence-corrected chi connectivity index (χ4v) is 2.26. The van der Waals surface area contributed by atoms with E-state index in [0.29, 0.717) is 24.0 Å². The smallest absolute Gasteiger partial charge is 0.170 e. The van der Waals surface area contributed by atoms with E-state index < -0.39 is 0 Å². The number of likely N-dealkylation sites (N-methyl/N-ethyl adjacent to an activating group) is 1. The lowest BCUT2D eigenvalue weighted by molar-refractivity contribution is 0.232. The van der Waals surface area contributed by atoms with Crippen molar-refractivity contribution in [2.24, 2.45) is 0 Å². The minimum absolute atomic E-state index is 0.191. The molecule has 0 bridgehead atoms. The maximum absolute atomic E-state index is 14.3. The van der Waals surface area contributed by atoms with Gasteiger partial charge in [0.25, 0.3) is 0 Å². The van der Waals surface area contributed by atoms with E-state index in [1.807, 2.05) is 11.9 Å². The Morgan fingerprint density at radius 1 is 1.50 bits per heavy atom. The predicted octanol–water partition coefficient (Wildman–Crippen LogP) is 1.08. The zero-order valence-corrected chi connectivity index (χ0v) is 11.3. The number of rotatable bonds is 3. The monoisotopic (exact) mass is 252 g/mol. The summed E-state index contributed by atoms with van der Waals surface area (Å²) in [6, 6.07) is 2.15. The summed E-state index contributed by atoms with van der Waals surface area (Å²) < 4.78 is 14.3. The van der Waals surface area contributed by atoms with Crippen molar-refractivity contribution in [2.75, 3.05) is 38.6 Å². The van der Waals surface area contributed by atoms with Crippen LogP contribution < -0.4 is 10.2 Å². The Labute approximate surface area is 108 Å². The number of nitrogens with zero attached hydrogens (tertiary/aromatic N) is 3. The molecule has 1 saturated heterocycles. The van der Waals surface area contributed by atoms with E-state index in [0.717, 1.165) is 19.6 Å². The van der Waals surface area contributed by atoms with E-state index in [9.17, 15) is 4.39 Å². The van der Waals surface area contributed by atoms with Gasteiger partial charge in [-0.15, -0.1) is 0 Å². The van der Waals surface area contributed by atoms with Gasteiger partial charge in [0.1, 0.15) is 0 Å². The van der Waals surface area contributed by atoms with Gasteiger partial charge in [-0.3, -0.25) is 0 Å². The maximum atomic E-state index is 14.3. The van der Waals surface area contributed by atoms with Crippen molar-refractivity contribution in [1.29, 1.82) is 0 Å². The van der Waals surface area contributed by atoms with Crippen molar-refractivity contribution >= 4 is 5.82 Å². The van der Waals surface area contributed by atoms with E-state index in [-0.39, 0.29) is 5.82 Å². The Hall–Kier alpha value is -1.20. The molecule has 1 aromatic rings. The second-order valence-electron chi connectivity index (χ2n) is 4.91. The Kier molecular flexibility index (Phi) is 4.14. The van der Waals surface area contributed by atoms with Gasteiger partial charge in [0.05, 0.1) is 0 Å². The minimum atomic E-state index is -0.191. The highest BCUT2D eigenvalue weighted by Crippen LogP contribution is 2.22. The average molecular weight is 252 g/mol. The van der Waals surface area contributed by atoms with Gasteiger partial charge in [0.2, 0.25) is 0 Å². The zero-order valence-electron chi connectivity index (χ0n) is 11.3. The molecule has 1 unspecified atom stereocenters. The van der Waals surface area contributed by atoms with Gasteiger partial charge in [-0.2, -0.15) is 0 Å². The van der Waals surface area contributed by atoms with Crippen LogP contribution in [0, 0.1) is 5.82 Å². The molecule has 0 aliphatic carbocycles. The SMILES string of the molecule is CNCc1ccnc(N2CCN(C)C(C)C2)c1F. The second kappa shape index (κ2) is 5.63. The molecule has 1 aliphatic heterocycles. The number of nitrogens with one attached hydrogen (secondary N) is 1. The highest BCUT2D eigenvalue weighted by Gasteiger charge is 2.24. The Balaban J connectivity index is 2.20. The largest absolute Gasteiger partial charge is 0.351 e. The van der Waals surface area contributed by atoms with Crippen molar-refractivity contribution in [2.45, 2.75) is 19.5 Å². The number of aromatic nitrogens is 1. The number of anilines is 1. The standard InChI is InChI=1S/C13H21FN4/c1-10-9-18(7-6-17(10)3)13-12(14)11(8-15-2)4-5-16-13/h4-5,10,15H,6-9H2,1-3H3.